The quantitative estimate of drug-likeness (QED) is 0.471. The molecule has 13 heteroatoms. The van der Waals surface area contributed by atoms with E-state index in [0.29, 0.717) is 22.8 Å². The van der Waals surface area contributed by atoms with Crippen molar-refractivity contribution in [2.45, 2.75) is 25.2 Å². The Bertz CT molecular complexity index is 1480. The van der Waals surface area contributed by atoms with Crippen LogP contribution < -0.4 is 19.7 Å². The zero-order valence-electron chi connectivity index (χ0n) is 23.4. The van der Waals surface area contributed by atoms with Gasteiger partial charge in [0.15, 0.2) is 0 Å². The smallest absolute Gasteiger partial charge is 0.416 e. The van der Waals surface area contributed by atoms with Gasteiger partial charge in [0.05, 0.1) is 43.4 Å². The molecule has 3 aromatic rings. The molecule has 0 radical (unpaired) electrons. The monoisotopic (exact) mass is 584 g/mol. The lowest BCUT2D eigenvalue weighted by atomic mass is 9.99. The number of rotatable bonds is 6. The van der Waals surface area contributed by atoms with E-state index in [1.54, 1.807) is 6.07 Å². The van der Waals surface area contributed by atoms with Crippen molar-refractivity contribution in [2.24, 2.45) is 0 Å². The fraction of sp³-hybridized carbons (Fsp3) is 0.379. The average molecular weight is 585 g/mol. The van der Waals surface area contributed by atoms with E-state index in [1.165, 1.54) is 37.6 Å². The molecule has 1 aromatic heterocycles. The highest BCUT2D eigenvalue weighted by atomic mass is 19.4. The molecule has 1 unspecified atom stereocenters. The summed E-state index contributed by atoms with van der Waals surface area (Å²) in [6.45, 7) is 3.44. The van der Waals surface area contributed by atoms with Crippen LogP contribution >= 0.6 is 0 Å². The van der Waals surface area contributed by atoms with Crippen LogP contribution in [0.4, 0.5) is 24.5 Å². The van der Waals surface area contributed by atoms with Gasteiger partial charge in [-0.05, 0) is 37.4 Å². The highest BCUT2D eigenvalue weighted by Crippen LogP contribution is 2.35. The first kappa shape index (κ1) is 29.1. The summed E-state index contributed by atoms with van der Waals surface area (Å²) in [5.41, 5.74) is 1.05. The summed E-state index contributed by atoms with van der Waals surface area (Å²) in [5, 5.41) is 2.86. The summed E-state index contributed by atoms with van der Waals surface area (Å²) in [6, 6.07) is 7.19. The number of nitrogens with one attached hydrogen (secondary N) is 1. The van der Waals surface area contributed by atoms with Gasteiger partial charge in [-0.25, -0.2) is 0 Å². The highest BCUT2D eigenvalue weighted by molar-refractivity contribution is 6.02. The van der Waals surface area contributed by atoms with Crippen molar-refractivity contribution in [3.05, 3.63) is 71.3 Å². The Balaban J connectivity index is 1.44. The number of carbonyl (C=O) groups is 2. The van der Waals surface area contributed by atoms with E-state index >= 15 is 0 Å². The van der Waals surface area contributed by atoms with Crippen molar-refractivity contribution in [1.82, 2.24) is 19.8 Å². The maximum absolute atomic E-state index is 13.7. The summed E-state index contributed by atoms with van der Waals surface area (Å²) in [5.74, 6) is -0.995. The van der Waals surface area contributed by atoms with Gasteiger partial charge >= 0.3 is 6.18 Å². The number of methoxy groups -OCH3 is 2. The van der Waals surface area contributed by atoms with Crippen molar-refractivity contribution in [3.63, 3.8) is 0 Å². The Kier molecular flexibility index (Phi) is 8.21. The number of piperazine rings is 1. The minimum atomic E-state index is -4.70. The number of fused-ring (bicyclic) bond motifs is 1. The van der Waals surface area contributed by atoms with Crippen molar-refractivity contribution < 1.29 is 32.2 Å². The van der Waals surface area contributed by atoms with Gasteiger partial charge in [-0.15, -0.1) is 0 Å². The normalized spacial score (nSPS) is 17.4. The van der Waals surface area contributed by atoms with Gasteiger partial charge in [0, 0.05) is 62.3 Å². The van der Waals surface area contributed by atoms with Crippen molar-refractivity contribution in [3.8, 4) is 11.5 Å². The molecule has 2 amide bonds. The topological polar surface area (TPSA) is 100 Å². The molecule has 222 valence electrons. The summed E-state index contributed by atoms with van der Waals surface area (Å²) in [4.78, 5) is 41.8. The molecule has 5 rings (SSSR count). The van der Waals surface area contributed by atoms with E-state index in [4.69, 9.17) is 9.47 Å². The van der Waals surface area contributed by atoms with Crippen LogP contribution in [-0.2, 0) is 23.9 Å². The predicted molar refractivity (Wildman–Crippen MR) is 149 cm³/mol. The number of amides is 2. The van der Waals surface area contributed by atoms with Crippen LogP contribution in [0.15, 0.2) is 48.8 Å². The molecule has 10 nitrogen and oxygen atoms in total. The molecule has 1 saturated heterocycles. The SMILES string of the molecule is COc1cc(C(=O)N2Cc3nccnc3CC2C(=O)Nc2ccc(N3CCN(C)CC3)cc2OC)cc(C(F)(F)F)c1. The molecule has 2 aromatic carbocycles. The minimum Gasteiger partial charge on any atom is -0.497 e. The number of anilines is 2. The number of aromatic nitrogens is 2. The molecular weight excluding hydrogens is 553 g/mol. The Morgan fingerprint density at radius 2 is 1.67 bits per heavy atom. The molecule has 42 heavy (non-hydrogen) atoms. The van der Waals surface area contributed by atoms with Crippen molar-refractivity contribution in [2.75, 3.05) is 57.7 Å². The molecule has 1 N–H and O–H groups in total. The second-order valence-corrected chi connectivity index (χ2v) is 10.2. The number of hydrogen-bond acceptors (Lipinski definition) is 8. The predicted octanol–water partition coefficient (Wildman–Crippen LogP) is 3.47. The van der Waals surface area contributed by atoms with E-state index < -0.39 is 29.6 Å². The maximum Gasteiger partial charge on any atom is 0.416 e. The molecular formula is C29H31F3N6O4. The van der Waals surface area contributed by atoms with Crippen LogP contribution in [0.25, 0.3) is 0 Å². The van der Waals surface area contributed by atoms with Gasteiger partial charge in [-0.1, -0.05) is 0 Å². The second kappa shape index (κ2) is 11.8. The van der Waals surface area contributed by atoms with Crippen LogP contribution in [0.2, 0.25) is 0 Å². The van der Waals surface area contributed by atoms with Gasteiger partial charge in [-0.2, -0.15) is 13.2 Å². The Morgan fingerprint density at radius 3 is 2.33 bits per heavy atom. The number of hydrogen-bond donors (Lipinski definition) is 1. The molecule has 2 aliphatic rings. The molecule has 0 bridgehead atoms. The van der Waals surface area contributed by atoms with Crippen LogP contribution in [0.5, 0.6) is 11.5 Å². The third kappa shape index (κ3) is 6.10. The molecule has 2 aliphatic heterocycles. The van der Waals surface area contributed by atoms with Crippen LogP contribution in [0, 0.1) is 0 Å². The van der Waals surface area contributed by atoms with Crippen LogP contribution in [-0.4, -0.2) is 85.1 Å². The van der Waals surface area contributed by atoms with Gasteiger partial charge in [-0.3, -0.25) is 19.6 Å². The molecule has 3 heterocycles. The number of alkyl halides is 3. The summed E-state index contributed by atoms with van der Waals surface area (Å²) in [7, 11) is 4.79. The van der Waals surface area contributed by atoms with E-state index in [2.05, 4.69) is 32.1 Å². The molecule has 1 fully saturated rings. The summed E-state index contributed by atoms with van der Waals surface area (Å²) < 4.78 is 51.4. The second-order valence-electron chi connectivity index (χ2n) is 10.2. The lowest BCUT2D eigenvalue weighted by Crippen LogP contribution is -2.51. The zero-order valence-corrected chi connectivity index (χ0v) is 23.4. The van der Waals surface area contributed by atoms with E-state index in [1.807, 2.05) is 12.1 Å². The largest absolute Gasteiger partial charge is 0.497 e. The van der Waals surface area contributed by atoms with E-state index in [0.717, 1.165) is 44.0 Å². The summed E-state index contributed by atoms with van der Waals surface area (Å²) in [6.07, 6.45) is -1.73. The first-order chi connectivity index (χ1) is 20.1. The molecule has 0 aliphatic carbocycles. The third-order valence-corrected chi connectivity index (χ3v) is 7.53. The zero-order chi connectivity index (χ0) is 30.0. The Hall–Kier alpha value is -4.39. The van der Waals surface area contributed by atoms with Gasteiger partial charge in [0.1, 0.15) is 17.5 Å². The molecule has 1 atom stereocenters. The van der Waals surface area contributed by atoms with Gasteiger partial charge < -0.3 is 29.5 Å². The number of halogens is 3. The number of likely N-dealkylation sites (N-methyl/N-ethyl adjacent to an activating group) is 1. The number of benzene rings is 2. The lowest BCUT2D eigenvalue weighted by Gasteiger charge is -2.35. The Morgan fingerprint density at radius 1 is 0.952 bits per heavy atom. The summed E-state index contributed by atoms with van der Waals surface area (Å²) >= 11 is 0. The molecule has 0 saturated carbocycles. The van der Waals surface area contributed by atoms with E-state index in [9.17, 15) is 22.8 Å². The van der Waals surface area contributed by atoms with Crippen molar-refractivity contribution >= 4 is 23.2 Å². The van der Waals surface area contributed by atoms with Gasteiger partial charge in [0.2, 0.25) is 5.91 Å². The third-order valence-electron chi connectivity index (χ3n) is 7.53. The fourth-order valence-corrected chi connectivity index (χ4v) is 5.14. The number of ether oxygens (including phenoxy) is 2. The average Bonchev–Trinajstić information content (AvgIpc) is 2.99. The first-order valence-electron chi connectivity index (χ1n) is 13.4. The number of nitrogens with zero attached hydrogens (tertiary/aromatic N) is 5. The molecule has 0 spiro atoms. The standard InChI is InChI=1S/C29H31F3N6O4/c1-36-8-10-37(11-9-36)20-4-5-22(26(15-20)42-3)35-27(39)25-16-23-24(34-7-6-33-23)17-38(25)28(40)18-12-19(29(30,31)32)14-21(13-18)41-2/h4-7,12-15,25H,8-11,16-17H2,1-3H3,(H,35,39). The fourth-order valence-electron chi connectivity index (χ4n) is 5.14. The van der Waals surface area contributed by atoms with Crippen molar-refractivity contribution in [1.29, 1.82) is 0 Å². The Labute approximate surface area is 241 Å². The van der Waals surface area contributed by atoms with Crippen LogP contribution in [0.3, 0.4) is 0 Å². The minimum absolute atomic E-state index is 0.0263. The number of carbonyl (C=O) groups excluding carboxylic acids is 2. The highest BCUT2D eigenvalue weighted by Gasteiger charge is 2.38. The van der Waals surface area contributed by atoms with Gasteiger partial charge in [0.25, 0.3) is 5.91 Å². The maximum atomic E-state index is 13.7. The van der Waals surface area contributed by atoms with E-state index in [-0.39, 0.29) is 24.3 Å². The van der Waals surface area contributed by atoms with Crippen LogP contribution in [0.1, 0.15) is 27.3 Å². The first-order valence-corrected chi connectivity index (χ1v) is 13.4. The lowest BCUT2D eigenvalue weighted by molar-refractivity contribution is -0.137.